The minimum Gasteiger partial charge on any atom is -0.306 e. The van der Waals surface area contributed by atoms with Crippen LogP contribution < -0.4 is 0 Å². The average Bonchev–Trinajstić information content (AvgIpc) is 1.58. The topological polar surface area (TPSA) is 29.2 Å². The highest BCUT2D eigenvalue weighted by atomic mass is 19.3. The van der Waals surface area contributed by atoms with Crippen molar-refractivity contribution in [2.75, 3.05) is 181 Å². The first-order valence-corrected chi connectivity index (χ1v) is 39.3. The van der Waals surface area contributed by atoms with Crippen LogP contribution in [0.25, 0.3) is 0 Å². The number of fused-ring (bicyclic) bond motifs is 9. The quantitative estimate of drug-likeness (QED) is 0.256. The maximum Gasteiger partial charge on any atom is 0.251 e. The van der Waals surface area contributed by atoms with Crippen LogP contribution in [0.2, 0.25) is 0 Å². The van der Waals surface area contributed by atoms with Gasteiger partial charge in [-0.15, -0.1) is 0 Å². The molecule has 0 amide bonds. The number of hydrogen-bond donors (Lipinski definition) is 0. The summed E-state index contributed by atoms with van der Waals surface area (Å²) in [6.45, 7) is 42.8. The van der Waals surface area contributed by atoms with Gasteiger partial charge in [-0.05, 0) is 263 Å². The Bertz CT molecular complexity index is 2310. The third-order valence-corrected chi connectivity index (χ3v) is 30.6. The summed E-state index contributed by atoms with van der Waals surface area (Å²) in [5.74, 6) is 9.33. The van der Waals surface area contributed by atoms with E-state index in [2.05, 4.69) is 142 Å². The van der Waals surface area contributed by atoms with Gasteiger partial charge in [-0.25, -0.2) is 17.6 Å². The Balaban J connectivity index is 0.000000114. The fourth-order valence-corrected chi connectivity index (χ4v) is 24.1. The van der Waals surface area contributed by atoms with Crippen LogP contribution in [0.4, 0.5) is 17.6 Å². The van der Waals surface area contributed by atoms with Gasteiger partial charge in [-0.3, -0.25) is 0 Å². The van der Waals surface area contributed by atoms with E-state index in [-0.39, 0.29) is 30.6 Å². The van der Waals surface area contributed by atoms with Crippen molar-refractivity contribution in [1.29, 1.82) is 0 Å². The van der Waals surface area contributed by atoms with E-state index >= 15 is 0 Å². The number of hydrogen-bond acceptors (Lipinski definition) is 9. The normalized spacial score (nSPS) is 47.7. The molecule has 18 fully saturated rings. The molecule has 9 aliphatic carbocycles. The van der Waals surface area contributed by atoms with Gasteiger partial charge in [-0.1, -0.05) is 88.0 Å². The molecule has 0 bridgehead atoms. The maximum atomic E-state index is 13.3. The molecule has 9 saturated carbocycles. The zero-order valence-corrected chi connectivity index (χ0v) is 63.0. The van der Waals surface area contributed by atoms with Crippen LogP contribution >= 0.6 is 0 Å². The first-order chi connectivity index (χ1) is 43.3. The van der Waals surface area contributed by atoms with E-state index in [1.807, 2.05) is 14.1 Å². The molecular weight excluding hydrogens is 1150 g/mol. The number of alkyl halides is 4. The molecule has 0 aromatic rings. The van der Waals surface area contributed by atoms with E-state index < -0.39 is 23.7 Å². The summed E-state index contributed by atoms with van der Waals surface area (Å²) in [5.41, 5.74) is 3.03. The molecule has 0 aromatic heterocycles. The van der Waals surface area contributed by atoms with Gasteiger partial charge in [0.05, 0.1) is 0 Å². The summed E-state index contributed by atoms with van der Waals surface area (Å²) in [6, 6.07) is 0. The van der Waals surface area contributed by atoms with Crippen molar-refractivity contribution in [2.24, 2.45) is 134 Å². The average molecular weight is 1300 g/mol. The second kappa shape index (κ2) is 29.9. The third-order valence-electron chi connectivity index (χ3n) is 30.6. The van der Waals surface area contributed by atoms with E-state index in [0.29, 0.717) is 12.3 Å². The molecule has 92 heavy (non-hydrogen) atoms. The van der Waals surface area contributed by atoms with Crippen LogP contribution in [0.15, 0.2) is 0 Å². The van der Waals surface area contributed by atoms with E-state index in [9.17, 15) is 17.6 Å². The Morgan fingerprint density at radius 1 is 0.326 bits per heavy atom. The summed E-state index contributed by atoms with van der Waals surface area (Å²) >= 11 is 0. The van der Waals surface area contributed by atoms with Crippen LogP contribution in [0.3, 0.4) is 0 Å². The number of nitrogens with zero attached hydrogens (tertiary/aromatic N) is 9. The number of rotatable bonds is 3. The molecule has 22 unspecified atom stereocenters. The minimum absolute atomic E-state index is 0.100. The van der Waals surface area contributed by atoms with Crippen LogP contribution in [0, 0.1) is 134 Å². The van der Waals surface area contributed by atoms with E-state index in [0.717, 1.165) is 125 Å². The number of likely N-dealkylation sites (tertiary alicyclic amines) is 9. The van der Waals surface area contributed by atoms with Gasteiger partial charge in [-0.2, -0.15) is 0 Å². The molecule has 18 aliphatic rings. The second-order valence-corrected chi connectivity index (χ2v) is 37.5. The fourth-order valence-electron chi connectivity index (χ4n) is 24.1. The molecule has 9 nitrogen and oxygen atoms in total. The predicted octanol–water partition coefficient (Wildman–Crippen LogP) is 14.6. The SMILES string of the molecule is CC1C2CN(C)CC12.CC1C2CN(C)CC2CC1(F)F.CC1C2CN(C)CC2CCC1(F)F.CC1CC2CN(C)CC12.CC1CCC2CN(C)CC12.CCC12CC1CN(C)C2.CCC12CCCC1CN(C)C2.CCC12CCCCC1CN(C)C2.CN1CC2CC2(C)C1. The van der Waals surface area contributed by atoms with Crippen molar-refractivity contribution >= 4 is 0 Å². The van der Waals surface area contributed by atoms with Crippen molar-refractivity contribution in [3.05, 3.63) is 0 Å². The van der Waals surface area contributed by atoms with Gasteiger partial charge in [0.15, 0.2) is 0 Å². The fraction of sp³-hybridized carbons (Fsp3) is 1.00. The van der Waals surface area contributed by atoms with E-state index in [1.54, 1.807) is 13.8 Å². The molecule has 534 valence electrons. The Labute approximate surface area is 564 Å². The lowest BCUT2D eigenvalue weighted by atomic mass is 9.67. The predicted molar refractivity (Wildman–Crippen MR) is 378 cm³/mol. The van der Waals surface area contributed by atoms with E-state index in [1.165, 1.54) is 188 Å². The Hall–Kier alpha value is -0.640. The monoisotopic (exact) mass is 1300 g/mol. The highest BCUT2D eigenvalue weighted by Gasteiger charge is 2.59. The Morgan fingerprint density at radius 2 is 0.750 bits per heavy atom. The zero-order valence-electron chi connectivity index (χ0n) is 63.0. The molecule has 9 saturated heterocycles. The molecule has 9 heterocycles. The lowest BCUT2D eigenvalue weighted by Crippen LogP contribution is -2.40. The number of halogens is 4. The molecular formula is C79H145F4N9. The Morgan fingerprint density at radius 3 is 1.20 bits per heavy atom. The largest absolute Gasteiger partial charge is 0.306 e. The van der Waals surface area contributed by atoms with Crippen molar-refractivity contribution in [3.8, 4) is 0 Å². The maximum absolute atomic E-state index is 13.3. The van der Waals surface area contributed by atoms with Gasteiger partial charge in [0.25, 0.3) is 11.8 Å². The van der Waals surface area contributed by atoms with Crippen molar-refractivity contribution in [2.45, 2.75) is 190 Å². The van der Waals surface area contributed by atoms with Gasteiger partial charge >= 0.3 is 0 Å². The van der Waals surface area contributed by atoms with Crippen LogP contribution in [-0.4, -0.2) is 237 Å². The summed E-state index contributed by atoms with van der Waals surface area (Å²) < 4.78 is 53.0. The molecule has 22 atom stereocenters. The van der Waals surface area contributed by atoms with Gasteiger partial charge in [0, 0.05) is 142 Å². The number of piperidine rings is 3. The standard InChI is InChI=1S/C11H21N.C10H17F2N.C10H19N.C9H15F2N.C9H17N.2C8H15N.2C7H13N/c1-3-11-7-5-4-6-10(11)8-12(2)9-11;1-7-9-6-13(2)5-8(9)3-4-10(7,11)12;1-3-10-6-4-5-9(10)7-11(2)8-10;1-6-8-5-12(2)4-7(8)3-9(6,10)11;1-7-3-4-8-5-10(2)6-9(7)8;1-6-3-7-4-9(2)5-8(6)7;1-3-8-4-7(8)5-9(2)6-8;1-7-3-6(7)4-8(2)5-7;1-5-6-3-8(2)4-7(5)6/h10H,3-9H2,1-2H3;7-9H,3-6H2,1-2H3;9H,3-8H2,1-2H3;6-8H,3-5H2,1-2H3;7-9H,3-6H2,1-2H3;6-8H,3-5H2,1-2H3;7H,3-6H2,1-2H3;6H,3-5H2,1-2H3;5-7H,3-4H2,1-2H3. The molecule has 13 heteroatoms. The highest BCUT2D eigenvalue weighted by Crippen LogP contribution is 2.60. The molecule has 9 aliphatic heterocycles. The third kappa shape index (κ3) is 16.9. The van der Waals surface area contributed by atoms with Crippen LogP contribution in [0.5, 0.6) is 0 Å². The van der Waals surface area contributed by atoms with Gasteiger partial charge < -0.3 is 44.1 Å². The molecule has 0 N–H and O–H groups in total. The molecule has 0 spiro atoms. The first-order valence-electron chi connectivity index (χ1n) is 39.3. The molecule has 0 radical (unpaired) electrons. The lowest BCUT2D eigenvalue weighted by molar-refractivity contribution is -0.109. The summed E-state index contributed by atoms with van der Waals surface area (Å²) in [4.78, 5) is 21.7. The molecule has 18 rings (SSSR count). The van der Waals surface area contributed by atoms with Crippen LogP contribution in [0.1, 0.15) is 178 Å². The smallest absolute Gasteiger partial charge is 0.251 e. The van der Waals surface area contributed by atoms with E-state index in [4.69, 9.17) is 0 Å². The Kier molecular flexibility index (Phi) is 24.1. The lowest BCUT2D eigenvalue weighted by Gasteiger charge is -2.37. The van der Waals surface area contributed by atoms with Crippen molar-refractivity contribution in [3.63, 3.8) is 0 Å². The van der Waals surface area contributed by atoms with Crippen LogP contribution in [-0.2, 0) is 0 Å². The summed E-state index contributed by atoms with van der Waals surface area (Å²) in [7, 11) is 19.8. The summed E-state index contributed by atoms with van der Waals surface area (Å²) in [5, 5.41) is 0. The minimum atomic E-state index is -2.41. The van der Waals surface area contributed by atoms with Gasteiger partial charge in [0.2, 0.25) is 0 Å². The second-order valence-electron chi connectivity index (χ2n) is 37.5. The molecule has 0 aromatic carbocycles. The highest BCUT2D eigenvalue weighted by molar-refractivity contribution is 5.09. The summed E-state index contributed by atoms with van der Waals surface area (Å²) in [6.07, 6.45) is 23.1. The first kappa shape index (κ1) is 74.1. The van der Waals surface area contributed by atoms with Gasteiger partial charge in [0.1, 0.15) is 0 Å². The van der Waals surface area contributed by atoms with Crippen molar-refractivity contribution in [1.82, 2.24) is 44.1 Å². The zero-order chi connectivity index (χ0) is 66.6. The van der Waals surface area contributed by atoms with Crippen molar-refractivity contribution < 1.29 is 17.6 Å².